The fourth-order valence-corrected chi connectivity index (χ4v) is 3.22. The molecule has 4 rings (SSSR count). The summed E-state index contributed by atoms with van der Waals surface area (Å²) in [4.78, 5) is 13.7. The van der Waals surface area contributed by atoms with Crippen LogP contribution in [0.1, 0.15) is 0 Å². The molecule has 2 aromatic carbocycles. The number of piperazine rings is 1. The molecule has 1 saturated heterocycles. The Morgan fingerprint density at radius 2 is 1.62 bits per heavy atom. The molecular weight excluding hydrogens is 300 g/mol. The number of nitrogens with zero attached hydrogens (tertiary/aromatic N) is 4. The molecule has 3 aromatic rings. The smallest absolute Gasteiger partial charge is 0.140 e. The molecule has 5 nitrogen and oxygen atoms in total. The average molecular weight is 320 g/mol. The summed E-state index contributed by atoms with van der Waals surface area (Å²) in [6.45, 7) is 3.89. The molecule has 1 aliphatic rings. The molecule has 0 saturated carbocycles. The monoisotopic (exact) mass is 320 g/mol. The third-order valence-electron chi connectivity index (χ3n) is 4.52. The Kier molecular flexibility index (Phi) is 3.91. The maximum atomic E-state index is 5.29. The molecule has 1 aromatic heterocycles. The molecule has 0 amide bonds. The first-order valence-electron chi connectivity index (χ1n) is 8.19. The van der Waals surface area contributed by atoms with Gasteiger partial charge >= 0.3 is 0 Å². The van der Waals surface area contributed by atoms with Crippen molar-refractivity contribution >= 4 is 22.4 Å². The summed E-state index contributed by atoms with van der Waals surface area (Å²) in [5.41, 5.74) is 2.21. The number of methoxy groups -OCH3 is 1. The summed E-state index contributed by atoms with van der Waals surface area (Å²) < 4.78 is 5.29. The van der Waals surface area contributed by atoms with Crippen molar-refractivity contribution in [2.45, 2.75) is 0 Å². The first-order chi connectivity index (χ1) is 11.8. The Hall–Kier alpha value is -2.82. The van der Waals surface area contributed by atoms with Crippen molar-refractivity contribution in [3.63, 3.8) is 0 Å². The molecule has 0 bridgehead atoms. The predicted molar refractivity (Wildman–Crippen MR) is 97.0 cm³/mol. The van der Waals surface area contributed by atoms with E-state index in [1.807, 2.05) is 18.2 Å². The zero-order valence-corrected chi connectivity index (χ0v) is 13.7. The average Bonchev–Trinajstić information content (AvgIpc) is 2.68. The van der Waals surface area contributed by atoms with Gasteiger partial charge in [0.15, 0.2) is 0 Å². The SMILES string of the molecule is COc1ccc2c(N3CCN(c4ccccc4)CC3)ncnc2c1. The highest BCUT2D eigenvalue weighted by atomic mass is 16.5. The standard InChI is InChI=1S/C19H20N4O/c1-24-16-7-8-17-18(13-16)20-14-21-19(17)23-11-9-22(10-12-23)15-5-3-2-4-6-15/h2-8,13-14H,9-12H2,1H3. The topological polar surface area (TPSA) is 41.5 Å². The Morgan fingerprint density at radius 1 is 0.875 bits per heavy atom. The summed E-state index contributed by atoms with van der Waals surface area (Å²) >= 11 is 0. The largest absolute Gasteiger partial charge is 0.497 e. The first-order valence-corrected chi connectivity index (χ1v) is 8.19. The molecule has 0 radical (unpaired) electrons. The van der Waals surface area contributed by atoms with Gasteiger partial charge in [0, 0.05) is 43.3 Å². The minimum absolute atomic E-state index is 0.820. The molecular formula is C19H20N4O. The van der Waals surface area contributed by atoms with Crippen LogP contribution in [-0.2, 0) is 0 Å². The molecule has 0 unspecified atom stereocenters. The zero-order valence-electron chi connectivity index (χ0n) is 13.7. The van der Waals surface area contributed by atoms with Gasteiger partial charge in [0.1, 0.15) is 17.9 Å². The van der Waals surface area contributed by atoms with Crippen molar-refractivity contribution in [3.8, 4) is 5.75 Å². The van der Waals surface area contributed by atoms with Crippen molar-refractivity contribution in [1.29, 1.82) is 0 Å². The Labute approximate surface area is 141 Å². The quantitative estimate of drug-likeness (QED) is 0.742. The van der Waals surface area contributed by atoms with Gasteiger partial charge in [0.2, 0.25) is 0 Å². The van der Waals surface area contributed by atoms with E-state index in [4.69, 9.17) is 4.74 Å². The number of ether oxygens (including phenoxy) is 1. The van der Waals surface area contributed by atoms with Gasteiger partial charge in [0.25, 0.3) is 0 Å². The normalized spacial score (nSPS) is 14.9. The van der Waals surface area contributed by atoms with Crippen LogP contribution in [0.2, 0.25) is 0 Å². The molecule has 2 heterocycles. The van der Waals surface area contributed by atoms with Crippen LogP contribution in [-0.4, -0.2) is 43.3 Å². The molecule has 122 valence electrons. The predicted octanol–water partition coefficient (Wildman–Crippen LogP) is 2.97. The summed E-state index contributed by atoms with van der Waals surface area (Å²) in [6, 6.07) is 16.5. The summed E-state index contributed by atoms with van der Waals surface area (Å²) in [5, 5.41) is 1.08. The summed E-state index contributed by atoms with van der Waals surface area (Å²) in [5.74, 6) is 1.83. The Bertz CT molecular complexity index is 829. The molecule has 0 N–H and O–H groups in total. The van der Waals surface area contributed by atoms with E-state index in [9.17, 15) is 0 Å². The molecule has 0 atom stereocenters. The van der Waals surface area contributed by atoms with Gasteiger partial charge in [0.05, 0.1) is 12.6 Å². The van der Waals surface area contributed by atoms with Crippen LogP contribution in [0.5, 0.6) is 5.75 Å². The molecule has 1 aliphatic heterocycles. The van der Waals surface area contributed by atoms with Gasteiger partial charge in [-0.05, 0) is 24.3 Å². The maximum absolute atomic E-state index is 5.29. The highest BCUT2D eigenvalue weighted by Crippen LogP contribution is 2.27. The third kappa shape index (κ3) is 2.73. The Morgan fingerprint density at radius 3 is 2.38 bits per heavy atom. The van der Waals surface area contributed by atoms with E-state index in [-0.39, 0.29) is 0 Å². The number of rotatable bonds is 3. The minimum Gasteiger partial charge on any atom is -0.497 e. The van der Waals surface area contributed by atoms with Crippen molar-refractivity contribution in [2.24, 2.45) is 0 Å². The number of para-hydroxylation sites is 1. The van der Waals surface area contributed by atoms with Gasteiger partial charge in [-0.3, -0.25) is 0 Å². The van der Waals surface area contributed by atoms with Crippen LogP contribution in [0.3, 0.4) is 0 Å². The van der Waals surface area contributed by atoms with Gasteiger partial charge in [-0.2, -0.15) is 0 Å². The number of anilines is 2. The van der Waals surface area contributed by atoms with Crippen LogP contribution >= 0.6 is 0 Å². The van der Waals surface area contributed by atoms with Crippen LogP contribution in [0, 0.1) is 0 Å². The van der Waals surface area contributed by atoms with Crippen molar-refractivity contribution in [2.75, 3.05) is 43.1 Å². The maximum Gasteiger partial charge on any atom is 0.140 e. The van der Waals surface area contributed by atoms with Crippen LogP contribution in [0.25, 0.3) is 10.9 Å². The highest BCUT2D eigenvalue weighted by molar-refractivity contribution is 5.90. The number of hydrogen-bond donors (Lipinski definition) is 0. The van der Waals surface area contributed by atoms with Crippen LogP contribution in [0.15, 0.2) is 54.9 Å². The van der Waals surface area contributed by atoms with Crippen molar-refractivity contribution in [3.05, 3.63) is 54.9 Å². The van der Waals surface area contributed by atoms with E-state index in [1.165, 1.54) is 5.69 Å². The van der Waals surface area contributed by atoms with Gasteiger partial charge in [-0.1, -0.05) is 18.2 Å². The summed E-state index contributed by atoms with van der Waals surface area (Å²) in [6.07, 6.45) is 1.64. The lowest BCUT2D eigenvalue weighted by Gasteiger charge is -2.37. The molecule has 0 spiro atoms. The lowest BCUT2D eigenvalue weighted by Crippen LogP contribution is -2.46. The second kappa shape index (κ2) is 6.35. The van der Waals surface area contributed by atoms with Gasteiger partial charge in [-0.15, -0.1) is 0 Å². The van der Waals surface area contributed by atoms with Crippen molar-refractivity contribution in [1.82, 2.24) is 9.97 Å². The number of benzene rings is 2. The first kappa shape index (κ1) is 14.8. The fourth-order valence-electron chi connectivity index (χ4n) is 3.22. The summed E-state index contributed by atoms with van der Waals surface area (Å²) in [7, 11) is 1.67. The van der Waals surface area contributed by atoms with Crippen LogP contribution < -0.4 is 14.5 Å². The molecule has 0 aliphatic carbocycles. The minimum atomic E-state index is 0.820. The van der Waals surface area contributed by atoms with Crippen LogP contribution in [0.4, 0.5) is 11.5 Å². The van der Waals surface area contributed by atoms with E-state index >= 15 is 0 Å². The number of hydrogen-bond acceptors (Lipinski definition) is 5. The fraction of sp³-hybridized carbons (Fsp3) is 0.263. The van der Waals surface area contributed by atoms with E-state index in [1.54, 1.807) is 13.4 Å². The number of fused-ring (bicyclic) bond motifs is 1. The van der Waals surface area contributed by atoms with E-state index in [0.29, 0.717) is 0 Å². The number of aromatic nitrogens is 2. The van der Waals surface area contributed by atoms with E-state index < -0.39 is 0 Å². The second-order valence-electron chi connectivity index (χ2n) is 5.89. The molecule has 24 heavy (non-hydrogen) atoms. The van der Waals surface area contributed by atoms with Gasteiger partial charge < -0.3 is 14.5 Å². The zero-order chi connectivity index (χ0) is 16.4. The lowest BCUT2D eigenvalue weighted by molar-refractivity contribution is 0.415. The lowest BCUT2D eigenvalue weighted by atomic mass is 10.2. The molecule has 5 heteroatoms. The van der Waals surface area contributed by atoms with Crippen molar-refractivity contribution < 1.29 is 4.74 Å². The third-order valence-corrected chi connectivity index (χ3v) is 4.52. The second-order valence-corrected chi connectivity index (χ2v) is 5.89. The van der Waals surface area contributed by atoms with E-state index in [0.717, 1.165) is 48.6 Å². The highest BCUT2D eigenvalue weighted by Gasteiger charge is 2.20. The van der Waals surface area contributed by atoms with E-state index in [2.05, 4.69) is 50.1 Å². The van der Waals surface area contributed by atoms with Gasteiger partial charge in [-0.25, -0.2) is 9.97 Å². The Balaban J connectivity index is 1.56. The molecule has 1 fully saturated rings.